The third kappa shape index (κ3) is 2.11. The van der Waals surface area contributed by atoms with E-state index in [1.807, 2.05) is 36.4 Å². The molecule has 0 saturated heterocycles. The number of fused-ring (bicyclic) bond motifs is 9. The number of halogens is 2. The summed E-state index contributed by atoms with van der Waals surface area (Å²) in [6.07, 6.45) is 0. The molecular weight excluding hydrogens is 410 g/mol. The number of benzene rings is 4. The van der Waals surface area contributed by atoms with Gasteiger partial charge in [-0.2, -0.15) is 8.78 Å². The van der Waals surface area contributed by atoms with Crippen molar-refractivity contribution in [3.8, 4) is 33.4 Å². The molecule has 162 valence electrons. The number of rotatable bonds is 0. The van der Waals surface area contributed by atoms with Gasteiger partial charge in [0.1, 0.15) is 0 Å². The second kappa shape index (κ2) is 5.62. The second-order valence-corrected chi connectivity index (χ2v) is 10.8. The van der Waals surface area contributed by atoms with Crippen molar-refractivity contribution in [3.63, 3.8) is 0 Å². The van der Waals surface area contributed by atoms with Gasteiger partial charge >= 0.3 is 0 Å². The highest BCUT2D eigenvalue weighted by atomic mass is 19.3. The van der Waals surface area contributed by atoms with Crippen LogP contribution in [0, 0.1) is 0 Å². The molecule has 0 unspecified atom stereocenters. The summed E-state index contributed by atoms with van der Waals surface area (Å²) in [6, 6.07) is 24.1. The van der Waals surface area contributed by atoms with Gasteiger partial charge in [-0.25, -0.2) is 0 Å². The monoisotopic (exact) mass is 434 g/mol. The van der Waals surface area contributed by atoms with Crippen molar-refractivity contribution >= 4 is 0 Å². The van der Waals surface area contributed by atoms with E-state index in [1.165, 1.54) is 11.1 Å². The van der Waals surface area contributed by atoms with Gasteiger partial charge in [-0.05, 0) is 79.9 Å². The fraction of sp³-hybridized carbons (Fsp3) is 0.226. The zero-order chi connectivity index (χ0) is 22.9. The van der Waals surface area contributed by atoms with Crippen molar-refractivity contribution in [2.45, 2.75) is 44.4 Å². The third-order valence-electron chi connectivity index (χ3n) is 8.41. The summed E-state index contributed by atoms with van der Waals surface area (Å²) in [5, 5.41) is 0. The van der Waals surface area contributed by atoms with Crippen molar-refractivity contribution in [2.24, 2.45) is 0 Å². The molecule has 0 aliphatic heterocycles. The molecule has 0 fully saturated rings. The molecule has 0 spiro atoms. The maximum atomic E-state index is 16.0. The van der Waals surface area contributed by atoms with Crippen LogP contribution in [0.1, 0.15) is 61.1 Å². The summed E-state index contributed by atoms with van der Waals surface area (Å²) in [6.45, 7) is 8.78. The first-order valence-electron chi connectivity index (χ1n) is 11.6. The van der Waals surface area contributed by atoms with Crippen LogP contribution >= 0.6 is 0 Å². The third-order valence-corrected chi connectivity index (χ3v) is 8.41. The second-order valence-electron chi connectivity index (χ2n) is 10.8. The molecular formula is C31H24F2. The molecule has 33 heavy (non-hydrogen) atoms. The molecule has 7 rings (SSSR count). The molecule has 0 heterocycles. The summed E-state index contributed by atoms with van der Waals surface area (Å²) in [5.41, 5.74) is 9.93. The Hall–Kier alpha value is -3.26. The van der Waals surface area contributed by atoms with E-state index < -0.39 is 5.92 Å². The zero-order valence-corrected chi connectivity index (χ0v) is 19.2. The van der Waals surface area contributed by atoms with E-state index in [9.17, 15) is 0 Å². The van der Waals surface area contributed by atoms with E-state index in [2.05, 4.69) is 52.0 Å². The number of hydrogen-bond donors (Lipinski definition) is 0. The zero-order valence-electron chi connectivity index (χ0n) is 19.2. The maximum Gasteiger partial charge on any atom is 0.299 e. The van der Waals surface area contributed by atoms with Crippen molar-refractivity contribution in [1.29, 1.82) is 0 Å². The van der Waals surface area contributed by atoms with Gasteiger partial charge in [0, 0.05) is 22.0 Å². The summed E-state index contributed by atoms with van der Waals surface area (Å²) < 4.78 is 32.0. The SMILES string of the molecule is CC1(C)c2ccccc2-c2cc3c(cc21)-c1cc2c(cc1C3(F)F)-c1ccccc1C2(C)C. The van der Waals surface area contributed by atoms with Crippen LogP contribution in [0.25, 0.3) is 33.4 Å². The molecule has 2 heteroatoms. The Balaban J connectivity index is 1.52. The number of hydrogen-bond acceptors (Lipinski definition) is 0. The Morgan fingerprint density at radius 3 is 1.18 bits per heavy atom. The smallest absolute Gasteiger partial charge is 0.196 e. The van der Waals surface area contributed by atoms with Gasteiger partial charge in [-0.1, -0.05) is 76.2 Å². The summed E-state index contributed by atoms with van der Waals surface area (Å²) in [5.74, 6) is -3.02. The van der Waals surface area contributed by atoms with E-state index in [0.717, 1.165) is 33.4 Å². The van der Waals surface area contributed by atoms with Gasteiger partial charge in [-0.15, -0.1) is 0 Å². The maximum absolute atomic E-state index is 16.0. The average molecular weight is 435 g/mol. The largest absolute Gasteiger partial charge is 0.299 e. The first kappa shape index (κ1) is 19.2. The Kier molecular flexibility index (Phi) is 3.27. The molecule has 4 aromatic carbocycles. The van der Waals surface area contributed by atoms with E-state index in [1.54, 1.807) is 12.1 Å². The normalized spacial score (nSPS) is 18.7. The molecule has 0 radical (unpaired) electrons. The lowest BCUT2D eigenvalue weighted by Crippen LogP contribution is -2.15. The minimum Gasteiger partial charge on any atom is -0.196 e. The molecule has 0 saturated carbocycles. The van der Waals surface area contributed by atoms with Crippen molar-refractivity contribution < 1.29 is 8.78 Å². The van der Waals surface area contributed by atoms with E-state index in [4.69, 9.17) is 0 Å². The van der Waals surface area contributed by atoms with Crippen LogP contribution in [0.5, 0.6) is 0 Å². The Bertz CT molecular complexity index is 1420. The molecule has 0 N–H and O–H groups in total. The minimum absolute atomic E-state index is 0.138. The highest BCUT2D eigenvalue weighted by Crippen LogP contribution is 2.60. The standard InChI is InChI=1S/C31H24F2/c1-29(2)23-11-7-5-9-17(23)19-15-27-21(13-25(19)29)22-14-26-20(16-28(22)31(27,32)33)18-10-6-8-12-24(18)30(26,3)4/h5-16H,1-4H3. The van der Waals surface area contributed by atoms with Crippen molar-refractivity contribution in [1.82, 2.24) is 0 Å². The molecule has 0 atom stereocenters. The lowest BCUT2D eigenvalue weighted by molar-refractivity contribution is 0.0480. The molecule has 0 aromatic heterocycles. The van der Waals surface area contributed by atoms with Crippen molar-refractivity contribution in [2.75, 3.05) is 0 Å². The van der Waals surface area contributed by atoms with Gasteiger partial charge in [0.2, 0.25) is 0 Å². The first-order valence-corrected chi connectivity index (χ1v) is 11.6. The highest BCUT2D eigenvalue weighted by Gasteiger charge is 2.49. The van der Waals surface area contributed by atoms with Crippen LogP contribution in [0.2, 0.25) is 0 Å². The van der Waals surface area contributed by atoms with Gasteiger partial charge in [0.25, 0.3) is 5.92 Å². The summed E-state index contributed by atoms with van der Waals surface area (Å²) >= 11 is 0. The van der Waals surface area contributed by atoms with Crippen LogP contribution in [0.4, 0.5) is 8.78 Å². The number of alkyl halides is 2. The summed E-state index contributed by atoms with van der Waals surface area (Å²) in [7, 11) is 0. The Morgan fingerprint density at radius 1 is 0.424 bits per heavy atom. The predicted molar refractivity (Wildman–Crippen MR) is 130 cm³/mol. The van der Waals surface area contributed by atoms with E-state index in [0.29, 0.717) is 11.1 Å². The molecule has 4 aromatic rings. The Morgan fingerprint density at radius 2 is 0.758 bits per heavy atom. The lowest BCUT2D eigenvalue weighted by atomic mass is 9.80. The van der Waals surface area contributed by atoms with Crippen LogP contribution in [-0.2, 0) is 16.8 Å². The summed E-state index contributed by atoms with van der Waals surface area (Å²) in [4.78, 5) is 0. The minimum atomic E-state index is -3.02. The van der Waals surface area contributed by atoms with Crippen LogP contribution in [0.3, 0.4) is 0 Å². The van der Waals surface area contributed by atoms with Gasteiger partial charge in [0.05, 0.1) is 0 Å². The fourth-order valence-corrected chi connectivity index (χ4v) is 6.61. The van der Waals surface area contributed by atoms with Crippen LogP contribution < -0.4 is 0 Å². The molecule has 3 aliphatic carbocycles. The first-order chi connectivity index (χ1) is 15.6. The highest BCUT2D eigenvalue weighted by molar-refractivity contribution is 5.92. The topological polar surface area (TPSA) is 0 Å². The van der Waals surface area contributed by atoms with E-state index in [-0.39, 0.29) is 22.0 Å². The quantitative estimate of drug-likeness (QED) is 0.261. The Labute approximate surface area is 192 Å². The molecule has 0 bridgehead atoms. The fourth-order valence-electron chi connectivity index (χ4n) is 6.61. The van der Waals surface area contributed by atoms with Crippen LogP contribution in [-0.4, -0.2) is 0 Å². The van der Waals surface area contributed by atoms with Gasteiger partial charge in [0.15, 0.2) is 0 Å². The average Bonchev–Trinajstić information content (AvgIpc) is 3.27. The van der Waals surface area contributed by atoms with Crippen LogP contribution in [0.15, 0.2) is 72.8 Å². The van der Waals surface area contributed by atoms with E-state index >= 15 is 8.78 Å². The molecule has 0 amide bonds. The van der Waals surface area contributed by atoms with Gasteiger partial charge < -0.3 is 0 Å². The predicted octanol–water partition coefficient (Wildman–Crippen LogP) is 8.42. The molecule has 0 nitrogen and oxygen atoms in total. The van der Waals surface area contributed by atoms with Crippen molar-refractivity contribution in [3.05, 3.63) is 106 Å². The molecule has 3 aliphatic rings. The lowest BCUT2D eigenvalue weighted by Gasteiger charge is -2.23. The van der Waals surface area contributed by atoms with Gasteiger partial charge in [-0.3, -0.25) is 0 Å².